The zero-order valence-corrected chi connectivity index (χ0v) is 12.3. The van der Waals surface area contributed by atoms with Crippen molar-refractivity contribution in [1.82, 2.24) is 14.9 Å². The predicted octanol–water partition coefficient (Wildman–Crippen LogP) is 0.749. The lowest BCUT2D eigenvalue weighted by molar-refractivity contribution is -0.166. The zero-order chi connectivity index (χ0) is 14.4. The van der Waals surface area contributed by atoms with Crippen LogP contribution in [0.15, 0.2) is 12.4 Å². The molecule has 1 aliphatic carbocycles. The number of aryl methyl sites for hydroxylation is 1. The molecule has 2 saturated heterocycles. The molecule has 3 fully saturated rings. The molecule has 0 aromatic carbocycles. The number of aliphatic hydroxyl groups excluding tert-OH is 1. The Morgan fingerprint density at radius 3 is 2.90 bits per heavy atom. The number of ether oxygens (including phenoxy) is 2. The summed E-state index contributed by atoms with van der Waals surface area (Å²) in [6.45, 7) is 2.49. The van der Waals surface area contributed by atoms with Gasteiger partial charge in [-0.25, -0.2) is 4.98 Å². The summed E-state index contributed by atoms with van der Waals surface area (Å²) in [6, 6.07) is 0.193. The topological polar surface area (TPSA) is 68.5 Å². The molecule has 3 heterocycles. The first-order chi connectivity index (χ1) is 10.2. The lowest BCUT2D eigenvalue weighted by atomic mass is 9.94. The molecule has 6 nitrogen and oxygen atoms in total. The fourth-order valence-electron chi connectivity index (χ4n) is 3.97. The van der Waals surface area contributed by atoms with Crippen LogP contribution in [0.2, 0.25) is 0 Å². The van der Waals surface area contributed by atoms with Gasteiger partial charge in [0.1, 0.15) is 18.0 Å². The largest absolute Gasteiger partial charge is 0.389 e. The first-order valence-electron chi connectivity index (χ1n) is 7.94. The Kier molecular flexibility index (Phi) is 3.49. The first-order valence-corrected chi connectivity index (χ1v) is 7.94. The minimum atomic E-state index is -0.523. The highest BCUT2D eigenvalue weighted by Gasteiger charge is 2.51. The number of hydrogen-bond acceptors (Lipinski definition) is 5. The Morgan fingerprint density at radius 1 is 1.38 bits per heavy atom. The molecule has 5 atom stereocenters. The summed E-state index contributed by atoms with van der Waals surface area (Å²) in [4.78, 5) is 4.26. The lowest BCUT2D eigenvalue weighted by Crippen LogP contribution is -2.59. The average molecular weight is 293 g/mol. The van der Waals surface area contributed by atoms with E-state index in [0.717, 1.165) is 5.82 Å². The van der Waals surface area contributed by atoms with Gasteiger partial charge in [0.25, 0.3) is 0 Å². The Balaban J connectivity index is 1.58. The first kappa shape index (κ1) is 13.7. The van der Waals surface area contributed by atoms with Gasteiger partial charge < -0.3 is 24.5 Å². The third-order valence-corrected chi connectivity index (χ3v) is 5.10. The molecule has 116 valence electrons. The highest BCUT2D eigenvalue weighted by atomic mass is 16.7. The highest BCUT2D eigenvalue weighted by molar-refractivity contribution is 5.05. The van der Waals surface area contributed by atoms with Gasteiger partial charge in [0.2, 0.25) is 0 Å². The third-order valence-electron chi connectivity index (χ3n) is 5.10. The smallest absolute Gasteiger partial charge is 0.181 e. The van der Waals surface area contributed by atoms with Crippen LogP contribution in [-0.2, 0) is 9.47 Å². The van der Waals surface area contributed by atoms with Crippen molar-refractivity contribution < 1.29 is 14.6 Å². The van der Waals surface area contributed by atoms with Crippen LogP contribution in [0.5, 0.6) is 0 Å². The summed E-state index contributed by atoms with van der Waals surface area (Å²) in [5.74, 6) is 0.871. The third kappa shape index (κ3) is 2.30. The van der Waals surface area contributed by atoms with Crippen molar-refractivity contribution in [2.45, 2.75) is 69.2 Å². The minimum Gasteiger partial charge on any atom is -0.389 e. The monoisotopic (exact) mass is 293 g/mol. The quantitative estimate of drug-likeness (QED) is 0.861. The number of nitrogens with zero attached hydrogens (tertiary/aromatic N) is 2. The molecule has 6 heteroatoms. The van der Waals surface area contributed by atoms with Crippen LogP contribution in [0.25, 0.3) is 0 Å². The maximum atomic E-state index is 10.9. The Bertz CT molecular complexity index is 500. The van der Waals surface area contributed by atoms with E-state index in [9.17, 15) is 5.11 Å². The molecule has 1 aromatic rings. The van der Waals surface area contributed by atoms with Crippen LogP contribution in [0.4, 0.5) is 0 Å². The molecular formula is C15H23N3O3. The van der Waals surface area contributed by atoms with Gasteiger partial charge >= 0.3 is 0 Å². The zero-order valence-electron chi connectivity index (χ0n) is 12.3. The van der Waals surface area contributed by atoms with Gasteiger partial charge in [-0.15, -0.1) is 0 Å². The van der Waals surface area contributed by atoms with Gasteiger partial charge in [0.05, 0.1) is 18.8 Å². The Morgan fingerprint density at radius 2 is 2.19 bits per heavy atom. The maximum Gasteiger partial charge on any atom is 0.181 e. The van der Waals surface area contributed by atoms with Crippen molar-refractivity contribution in [2.75, 3.05) is 6.61 Å². The van der Waals surface area contributed by atoms with E-state index in [1.54, 1.807) is 6.20 Å². The molecule has 3 aliphatic rings. The molecule has 1 saturated carbocycles. The van der Waals surface area contributed by atoms with Gasteiger partial charge in [-0.3, -0.25) is 0 Å². The van der Waals surface area contributed by atoms with Crippen molar-refractivity contribution in [3.63, 3.8) is 0 Å². The summed E-state index contributed by atoms with van der Waals surface area (Å²) in [5, 5.41) is 14.5. The Hall–Kier alpha value is -0.950. The lowest BCUT2D eigenvalue weighted by Gasteiger charge is -2.40. The van der Waals surface area contributed by atoms with E-state index in [1.807, 2.05) is 17.7 Å². The molecular weight excluding hydrogens is 270 g/mol. The van der Waals surface area contributed by atoms with Crippen molar-refractivity contribution in [1.29, 1.82) is 0 Å². The van der Waals surface area contributed by atoms with Gasteiger partial charge in [0, 0.05) is 18.4 Å². The van der Waals surface area contributed by atoms with Crippen molar-refractivity contribution in [3.8, 4) is 0 Å². The number of imidazole rings is 1. The fraction of sp³-hybridized carbons (Fsp3) is 0.800. The standard InChI is InChI=1S/C15H23N3O3/c1-9-16-6-7-18(9)13-14(19)12(11-8-20-15(13)21-11)17-10-4-2-3-5-10/h6-7,10-15,17,19H,2-5,8H2,1H3. The van der Waals surface area contributed by atoms with Gasteiger partial charge in [-0.05, 0) is 19.8 Å². The van der Waals surface area contributed by atoms with Crippen molar-refractivity contribution >= 4 is 0 Å². The van der Waals surface area contributed by atoms with E-state index < -0.39 is 6.10 Å². The minimum absolute atomic E-state index is 0.0503. The SMILES string of the molecule is Cc1nccn1C1C2OCC(O2)C(NC2CCCC2)C1O. The maximum absolute atomic E-state index is 10.9. The molecule has 5 unspecified atom stereocenters. The molecule has 4 rings (SSSR count). The van der Waals surface area contributed by atoms with Crippen LogP contribution in [-0.4, -0.2) is 51.8 Å². The van der Waals surface area contributed by atoms with Gasteiger partial charge in [-0.1, -0.05) is 12.8 Å². The molecule has 2 N–H and O–H groups in total. The van der Waals surface area contributed by atoms with E-state index in [0.29, 0.717) is 12.6 Å². The second kappa shape index (κ2) is 5.35. The molecule has 2 bridgehead atoms. The second-order valence-corrected chi connectivity index (χ2v) is 6.41. The molecule has 0 radical (unpaired) electrons. The van der Waals surface area contributed by atoms with Crippen LogP contribution in [0.1, 0.15) is 37.5 Å². The number of nitrogens with one attached hydrogen (secondary N) is 1. The second-order valence-electron chi connectivity index (χ2n) is 6.41. The van der Waals surface area contributed by atoms with E-state index >= 15 is 0 Å². The van der Waals surface area contributed by atoms with E-state index in [2.05, 4.69) is 10.3 Å². The molecule has 1 aromatic heterocycles. The number of aliphatic hydroxyl groups is 1. The predicted molar refractivity (Wildman–Crippen MR) is 75.8 cm³/mol. The van der Waals surface area contributed by atoms with E-state index in [1.165, 1.54) is 25.7 Å². The van der Waals surface area contributed by atoms with Crippen LogP contribution < -0.4 is 5.32 Å². The number of hydrogen-bond donors (Lipinski definition) is 2. The summed E-state index contributed by atoms with van der Waals surface area (Å²) < 4.78 is 13.7. The van der Waals surface area contributed by atoms with Gasteiger partial charge in [0.15, 0.2) is 6.29 Å². The summed E-state index contributed by atoms with van der Waals surface area (Å²) in [5.41, 5.74) is 0. The fourth-order valence-corrected chi connectivity index (χ4v) is 3.97. The summed E-state index contributed by atoms with van der Waals surface area (Å²) in [6.07, 6.45) is 7.62. The molecule has 2 aliphatic heterocycles. The van der Waals surface area contributed by atoms with Crippen LogP contribution in [0.3, 0.4) is 0 Å². The summed E-state index contributed by atoms with van der Waals surface area (Å²) >= 11 is 0. The average Bonchev–Trinajstić information content (AvgIpc) is 3.18. The molecule has 0 spiro atoms. The normalized spacial score (nSPS) is 40.0. The number of aromatic nitrogens is 2. The molecule has 21 heavy (non-hydrogen) atoms. The van der Waals surface area contributed by atoms with Crippen LogP contribution >= 0.6 is 0 Å². The van der Waals surface area contributed by atoms with E-state index in [-0.39, 0.29) is 24.5 Å². The highest BCUT2D eigenvalue weighted by Crippen LogP contribution is 2.37. The van der Waals surface area contributed by atoms with Gasteiger partial charge in [-0.2, -0.15) is 0 Å². The Labute approximate surface area is 124 Å². The summed E-state index contributed by atoms with van der Waals surface area (Å²) in [7, 11) is 0. The molecule has 0 amide bonds. The van der Waals surface area contributed by atoms with E-state index in [4.69, 9.17) is 9.47 Å². The number of fused-ring (bicyclic) bond motifs is 2. The van der Waals surface area contributed by atoms with Crippen molar-refractivity contribution in [3.05, 3.63) is 18.2 Å². The van der Waals surface area contributed by atoms with Crippen molar-refractivity contribution in [2.24, 2.45) is 0 Å². The van der Waals surface area contributed by atoms with Crippen LogP contribution in [0, 0.1) is 6.92 Å². The number of rotatable bonds is 3.